The van der Waals surface area contributed by atoms with Crippen molar-refractivity contribution in [3.05, 3.63) is 50.9 Å². The lowest BCUT2D eigenvalue weighted by Crippen LogP contribution is -2.25. The van der Waals surface area contributed by atoms with E-state index in [1.165, 1.54) is 16.0 Å². The van der Waals surface area contributed by atoms with Gasteiger partial charge in [0.1, 0.15) is 0 Å². The largest absolute Gasteiger partial charge is 0.310 e. The molecular formula is C16H21ClN2S. The lowest BCUT2D eigenvalue weighted by atomic mass is 9.97. The van der Waals surface area contributed by atoms with Crippen LogP contribution in [-0.4, -0.2) is 11.5 Å². The molecule has 0 bridgehead atoms. The maximum atomic E-state index is 6.04. The lowest BCUT2D eigenvalue weighted by Gasteiger charge is -2.21. The number of aromatic nitrogens is 1. The zero-order chi connectivity index (χ0) is 14.4. The number of hydrogen-bond donors (Lipinski definition) is 1. The van der Waals surface area contributed by atoms with Gasteiger partial charge in [0, 0.05) is 29.7 Å². The summed E-state index contributed by atoms with van der Waals surface area (Å²) in [6, 6.07) is 6.58. The molecule has 0 amide bonds. The second-order valence-electron chi connectivity index (χ2n) is 4.84. The van der Waals surface area contributed by atoms with Crippen molar-refractivity contribution in [2.24, 2.45) is 0 Å². The van der Waals surface area contributed by atoms with Gasteiger partial charge in [-0.3, -0.25) is 4.98 Å². The molecule has 0 spiro atoms. The predicted octanol–water partition coefficient (Wildman–Crippen LogP) is 4.64. The highest BCUT2D eigenvalue weighted by atomic mass is 35.5. The van der Waals surface area contributed by atoms with E-state index in [-0.39, 0.29) is 0 Å². The molecular weight excluding hydrogens is 288 g/mol. The normalized spacial score (nSPS) is 12.6. The van der Waals surface area contributed by atoms with Crippen molar-refractivity contribution in [1.82, 2.24) is 10.3 Å². The average molecular weight is 309 g/mol. The van der Waals surface area contributed by atoms with E-state index in [4.69, 9.17) is 11.6 Å². The van der Waals surface area contributed by atoms with Crippen molar-refractivity contribution >= 4 is 22.9 Å². The quantitative estimate of drug-likeness (QED) is 0.806. The van der Waals surface area contributed by atoms with Crippen LogP contribution in [0.3, 0.4) is 0 Å². The van der Waals surface area contributed by atoms with Gasteiger partial charge in [0.05, 0.1) is 4.34 Å². The summed E-state index contributed by atoms with van der Waals surface area (Å²) >= 11 is 7.71. The van der Waals surface area contributed by atoms with Crippen LogP contribution in [0.5, 0.6) is 0 Å². The smallest absolute Gasteiger partial charge is 0.0931 e. The molecule has 0 saturated heterocycles. The molecule has 1 unspecified atom stereocenters. The highest BCUT2D eigenvalue weighted by Gasteiger charge is 2.15. The number of halogens is 1. The van der Waals surface area contributed by atoms with Crippen molar-refractivity contribution in [3.63, 3.8) is 0 Å². The fourth-order valence-electron chi connectivity index (χ4n) is 2.35. The average Bonchev–Trinajstić information content (AvgIpc) is 2.88. The summed E-state index contributed by atoms with van der Waals surface area (Å²) in [4.78, 5) is 5.57. The fraction of sp³-hybridized carbons (Fsp3) is 0.438. The monoisotopic (exact) mass is 308 g/mol. The molecule has 0 aromatic carbocycles. The van der Waals surface area contributed by atoms with Gasteiger partial charge in [-0.05, 0) is 48.7 Å². The third-order valence-electron chi connectivity index (χ3n) is 3.37. The molecule has 0 radical (unpaired) electrons. The first-order chi connectivity index (χ1) is 9.74. The van der Waals surface area contributed by atoms with E-state index < -0.39 is 0 Å². The van der Waals surface area contributed by atoms with Gasteiger partial charge in [0.2, 0.25) is 0 Å². The number of pyridine rings is 1. The first kappa shape index (κ1) is 15.5. The minimum absolute atomic E-state index is 0.336. The number of hydrogen-bond acceptors (Lipinski definition) is 3. The molecule has 2 aromatic heterocycles. The third kappa shape index (κ3) is 4.05. The highest BCUT2D eigenvalue weighted by molar-refractivity contribution is 7.16. The molecule has 2 aromatic rings. The number of rotatable bonds is 7. The van der Waals surface area contributed by atoms with E-state index in [0.717, 1.165) is 30.1 Å². The summed E-state index contributed by atoms with van der Waals surface area (Å²) in [6.45, 7) is 5.40. The Morgan fingerprint density at radius 3 is 2.80 bits per heavy atom. The molecule has 4 heteroatoms. The van der Waals surface area contributed by atoms with Crippen molar-refractivity contribution in [3.8, 4) is 0 Å². The Bertz CT molecular complexity index is 539. The van der Waals surface area contributed by atoms with Crippen molar-refractivity contribution in [2.75, 3.05) is 6.54 Å². The van der Waals surface area contributed by atoms with Gasteiger partial charge < -0.3 is 5.32 Å². The molecule has 2 rings (SSSR count). The van der Waals surface area contributed by atoms with Gasteiger partial charge in [0.25, 0.3) is 0 Å². The van der Waals surface area contributed by atoms with Crippen LogP contribution in [0.15, 0.2) is 30.6 Å². The highest BCUT2D eigenvalue weighted by Crippen LogP contribution is 2.28. The van der Waals surface area contributed by atoms with E-state index in [1.54, 1.807) is 11.3 Å². The molecule has 1 atom stereocenters. The summed E-state index contributed by atoms with van der Waals surface area (Å²) in [5.41, 5.74) is 2.68. The Labute approximate surface area is 130 Å². The number of thiophene rings is 1. The minimum atomic E-state index is 0.336. The van der Waals surface area contributed by atoms with Gasteiger partial charge in [-0.2, -0.15) is 0 Å². The fourth-order valence-corrected chi connectivity index (χ4v) is 3.48. The Hall–Kier alpha value is -0.900. The number of nitrogens with zero attached hydrogens (tertiary/aromatic N) is 1. The van der Waals surface area contributed by atoms with Gasteiger partial charge in [-0.15, -0.1) is 11.3 Å². The van der Waals surface area contributed by atoms with E-state index in [1.807, 2.05) is 18.5 Å². The van der Waals surface area contributed by atoms with Crippen molar-refractivity contribution < 1.29 is 0 Å². The van der Waals surface area contributed by atoms with E-state index in [0.29, 0.717) is 6.04 Å². The van der Waals surface area contributed by atoms with Crippen LogP contribution in [-0.2, 0) is 12.8 Å². The molecule has 0 saturated carbocycles. The van der Waals surface area contributed by atoms with Gasteiger partial charge >= 0.3 is 0 Å². The van der Waals surface area contributed by atoms with Crippen LogP contribution in [0.25, 0.3) is 0 Å². The van der Waals surface area contributed by atoms with Crippen LogP contribution < -0.4 is 5.32 Å². The van der Waals surface area contributed by atoms with Crippen LogP contribution in [0.1, 0.15) is 42.3 Å². The summed E-state index contributed by atoms with van der Waals surface area (Å²) in [6.07, 6.45) is 7.00. The van der Waals surface area contributed by atoms with Crippen molar-refractivity contribution in [1.29, 1.82) is 0 Å². The molecule has 20 heavy (non-hydrogen) atoms. The Kier molecular flexibility index (Phi) is 6.02. The number of aryl methyl sites for hydroxylation is 1. The van der Waals surface area contributed by atoms with Crippen LogP contribution >= 0.6 is 22.9 Å². The Morgan fingerprint density at radius 2 is 2.15 bits per heavy atom. The SMILES string of the molecule is CCCNC(Cc1ccc(Cl)s1)c1ccncc1CC. The van der Waals surface area contributed by atoms with E-state index in [2.05, 4.69) is 36.3 Å². The first-order valence-electron chi connectivity index (χ1n) is 7.15. The molecule has 108 valence electrons. The molecule has 0 fully saturated rings. The molecule has 1 N–H and O–H groups in total. The van der Waals surface area contributed by atoms with Crippen LogP contribution in [0.4, 0.5) is 0 Å². The van der Waals surface area contributed by atoms with Crippen molar-refractivity contribution in [2.45, 2.75) is 39.2 Å². The summed E-state index contributed by atoms with van der Waals surface area (Å²) < 4.78 is 0.861. The van der Waals surface area contributed by atoms with Gasteiger partial charge in [0.15, 0.2) is 0 Å². The second-order valence-corrected chi connectivity index (χ2v) is 6.64. The van der Waals surface area contributed by atoms with Gasteiger partial charge in [-0.25, -0.2) is 0 Å². The first-order valence-corrected chi connectivity index (χ1v) is 8.34. The summed E-state index contributed by atoms with van der Waals surface area (Å²) in [5.74, 6) is 0. The second kappa shape index (κ2) is 7.77. The Balaban J connectivity index is 2.22. The lowest BCUT2D eigenvalue weighted by molar-refractivity contribution is 0.528. The zero-order valence-electron chi connectivity index (χ0n) is 12.0. The van der Waals surface area contributed by atoms with E-state index in [9.17, 15) is 0 Å². The Morgan fingerprint density at radius 1 is 1.30 bits per heavy atom. The number of nitrogens with one attached hydrogen (secondary N) is 1. The van der Waals surface area contributed by atoms with Crippen LogP contribution in [0.2, 0.25) is 4.34 Å². The minimum Gasteiger partial charge on any atom is -0.310 e. The van der Waals surface area contributed by atoms with Crippen LogP contribution in [0, 0.1) is 0 Å². The standard InChI is InChI=1S/C16H21ClN2S/c1-3-8-19-15(10-13-5-6-16(17)20-13)14-7-9-18-11-12(14)4-2/h5-7,9,11,15,19H,3-4,8,10H2,1-2H3. The summed E-state index contributed by atoms with van der Waals surface area (Å²) in [7, 11) is 0. The molecule has 2 heterocycles. The molecule has 2 nitrogen and oxygen atoms in total. The molecule has 0 aliphatic heterocycles. The maximum absolute atomic E-state index is 6.04. The summed E-state index contributed by atoms with van der Waals surface area (Å²) in [5, 5.41) is 3.65. The predicted molar refractivity (Wildman–Crippen MR) is 87.7 cm³/mol. The maximum Gasteiger partial charge on any atom is 0.0931 e. The van der Waals surface area contributed by atoms with Gasteiger partial charge in [-0.1, -0.05) is 25.4 Å². The molecule has 0 aliphatic carbocycles. The topological polar surface area (TPSA) is 24.9 Å². The zero-order valence-corrected chi connectivity index (χ0v) is 13.6. The van der Waals surface area contributed by atoms with E-state index >= 15 is 0 Å². The molecule has 0 aliphatic rings. The third-order valence-corrected chi connectivity index (χ3v) is 4.63.